The largest absolute Gasteiger partial charge is 0.353 e. The lowest BCUT2D eigenvalue weighted by Crippen LogP contribution is -2.48. The molecule has 2 fully saturated rings. The Morgan fingerprint density at radius 3 is 2.84 bits per heavy atom. The molecule has 0 spiro atoms. The van der Waals surface area contributed by atoms with Gasteiger partial charge in [-0.25, -0.2) is 9.97 Å². The van der Waals surface area contributed by atoms with Gasteiger partial charge < -0.3 is 19.3 Å². The highest BCUT2D eigenvalue weighted by Gasteiger charge is 2.31. The van der Waals surface area contributed by atoms with Crippen molar-refractivity contribution in [1.82, 2.24) is 34.9 Å². The van der Waals surface area contributed by atoms with E-state index in [9.17, 15) is 4.79 Å². The molecule has 0 aliphatic carbocycles. The Hall–Kier alpha value is -3.27. The maximum atomic E-state index is 11.6. The van der Waals surface area contributed by atoms with Gasteiger partial charge in [-0.3, -0.25) is 9.69 Å². The van der Waals surface area contributed by atoms with E-state index in [1.54, 1.807) is 19.3 Å². The molecule has 2 aliphatic rings. The van der Waals surface area contributed by atoms with Gasteiger partial charge in [0.05, 0.1) is 12.6 Å². The van der Waals surface area contributed by atoms with Gasteiger partial charge in [-0.2, -0.15) is 4.98 Å². The van der Waals surface area contributed by atoms with Crippen LogP contribution in [-0.4, -0.2) is 73.5 Å². The minimum absolute atomic E-state index is 0.104. The summed E-state index contributed by atoms with van der Waals surface area (Å²) < 4.78 is 5.67. The zero-order chi connectivity index (χ0) is 21.2. The van der Waals surface area contributed by atoms with Crippen LogP contribution in [0.1, 0.15) is 37.5 Å². The summed E-state index contributed by atoms with van der Waals surface area (Å²) in [5, 5.41) is 4.25. The van der Waals surface area contributed by atoms with E-state index >= 15 is 0 Å². The molecule has 3 aromatic rings. The van der Waals surface area contributed by atoms with Crippen molar-refractivity contribution in [2.45, 2.75) is 32.4 Å². The second-order valence-electron chi connectivity index (χ2n) is 8.02. The number of H-pyrrole nitrogens is 1. The summed E-state index contributed by atoms with van der Waals surface area (Å²) in [7, 11) is 0. The molecule has 5 heterocycles. The first-order valence-corrected chi connectivity index (χ1v) is 10.7. The van der Waals surface area contributed by atoms with E-state index in [1.807, 2.05) is 23.2 Å². The van der Waals surface area contributed by atoms with E-state index in [0.29, 0.717) is 24.8 Å². The topological polar surface area (TPSA) is 107 Å². The zero-order valence-corrected chi connectivity index (χ0v) is 17.6. The monoisotopic (exact) mass is 422 g/mol. The van der Waals surface area contributed by atoms with Gasteiger partial charge >= 0.3 is 0 Å². The van der Waals surface area contributed by atoms with Crippen LogP contribution in [0.2, 0.25) is 0 Å². The Morgan fingerprint density at radius 2 is 2.06 bits per heavy atom. The summed E-state index contributed by atoms with van der Waals surface area (Å²) in [6, 6.07) is 4.00. The number of anilines is 1. The van der Waals surface area contributed by atoms with Gasteiger partial charge in [0.1, 0.15) is 11.6 Å². The molecule has 3 aromatic heterocycles. The molecule has 1 amide bonds. The Labute approximate surface area is 180 Å². The molecular weight excluding hydrogens is 396 g/mol. The van der Waals surface area contributed by atoms with E-state index in [1.165, 1.54) is 0 Å². The van der Waals surface area contributed by atoms with Gasteiger partial charge in [-0.1, -0.05) is 5.16 Å². The molecule has 5 rings (SSSR count). The number of likely N-dealkylation sites (tertiary alicyclic amines) is 1. The summed E-state index contributed by atoms with van der Waals surface area (Å²) >= 11 is 0. The third-order valence-corrected chi connectivity index (χ3v) is 6.05. The first kappa shape index (κ1) is 19.7. The second kappa shape index (κ2) is 8.46. The first-order chi connectivity index (χ1) is 15.2. The highest BCUT2D eigenvalue weighted by Crippen LogP contribution is 2.33. The third-order valence-electron chi connectivity index (χ3n) is 6.05. The average molecular weight is 422 g/mol. The van der Waals surface area contributed by atoms with Gasteiger partial charge in [0.15, 0.2) is 0 Å². The summed E-state index contributed by atoms with van der Waals surface area (Å²) in [5.74, 6) is 3.15. The molecule has 0 saturated carbocycles. The second-order valence-corrected chi connectivity index (χ2v) is 8.02. The predicted octanol–water partition coefficient (Wildman–Crippen LogP) is 1.86. The van der Waals surface area contributed by atoms with Crippen molar-refractivity contribution >= 4 is 11.7 Å². The standard InChI is InChI=1S/C21H26N8O2/c1-15(30)27-9-11-28(12-10-27)19-13-16(4-5-24-19)20-25-21(31-26-20)17-3-2-8-29(17)14-18-22-6-7-23-18/h4-7,13,17H,2-3,8-12,14H2,1H3,(H,22,23)/t17-/m0/s1. The Morgan fingerprint density at radius 1 is 1.19 bits per heavy atom. The number of carbonyl (C=O) groups excluding carboxylic acids is 1. The molecule has 162 valence electrons. The maximum Gasteiger partial charge on any atom is 0.244 e. The smallest absolute Gasteiger partial charge is 0.244 e. The molecule has 0 unspecified atom stereocenters. The van der Waals surface area contributed by atoms with Gasteiger partial charge in [-0.15, -0.1) is 0 Å². The quantitative estimate of drug-likeness (QED) is 0.664. The van der Waals surface area contributed by atoms with E-state index in [4.69, 9.17) is 9.51 Å². The van der Waals surface area contributed by atoms with Crippen molar-refractivity contribution in [1.29, 1.82) is 0 Å². The molecule has 0 radical (unpaired) electrons. The molecule has 10 nitrogen and oxygen atoms in total. The fraction of sp³-hybridized carbons (Fsp3) is 0.476. The lowest BCUT2D eigenvalue weighted by atomic mass is 10.2. The summed E-state index contributed by atoms with van der Waals surface area (Å²) in [4.78, 5) is 34.7. The van der Waals surface area contributed by atoms with Crippen LogP contribution in [0.5, 0.6) is 0 Å². The van der Waals surface area contributed by atoms with Crippen LogP contribution in [0.15, 0.2) is 35.2 Å². The van der Waals surface area contributed by atoms with Gasteiger partial charge in [0.2, 0.25) is 17.6 Å². The van der Waals surface area contributed by atoms with Gasteiger partial charge in [0, 0.05) is 57.3 Å². The van der Waals surface area contributed by atoms with Gasteiger partial charge in [-0.05, 0) is 31.5 Å². The number of nitrogens with one attached hydrogen (secondary N) is 1. The van der Waals surface area contributed by atoms with Crippen molar-refractivity contribution < 1.29 is 9.32 Å². The van der Waals surface area contributed by atoms with Crippen LogP contribution < -0.4 is 4.90 Å². The summed E-state index contributed by atoms with van der Waals surface area (Å²) in [6.45, 7) is 6.27. The van der Waals surface area contributed by atoms with Crippen LogP contribution in [0.25, 0.3) is 11.4 Å². The molecule has 31 heavy (non-hydrogen) atoms. The van der Waals surface area contributed by atoms with Gasteiger partial charge in [0.25, 0.3) is 0 Å². The molecular formula is C21H26N8O2. The van der Waals surface area contributed by atoms with Crippen molar-refractivity contribution in [2.24, 2.45) is 0 Å². The highest BCUT2D eigenvalue weighted by atomic mass is 16.5. The number of pyridine rings is 1. The lowest BCUT2D eigenvalue weighted by molar-refractivity contribution is -0.129. The number of aromatic nitrogens is 5. The number of imidazole rings is 1. The number of hydrogen-bond acceptors (Lipinski definition) is 8. The predicted molar refractivity (Wildman–Crippen MR) is 113 cm³/mol. The van der Waals surface area contributed by atoms with Crippen molar-refractivity contribution in [2.75, 3.05) is 37.6 Å². The molecule has 10 heteroatoms. The summed E-state index contributed by atoms with van der Waals surface area (Å²) in [6.07, 6.45) is 7.47. The van der Waals surface area contributed by atoms with Crippen LogP contribution in [0.4, 0.5) is 5.82 Å². The minimum atomic E-state index is 0.104. The number of hydrogen-bond donors (Lipinski definition) is 1. The van der Waals surface area contributed by atoms with E-state index in [2.05, 4.69) is 29.9 Å². The average Bonchev–Trinajstić information content (AvgIpc) is 3.56. The first-order valence-electron chi connectivity index (χ1n) is 10.7. The fourth-order valence-electron chi connectivity index (χ4n) is 4.34. The molecule has 0 bridgehead atoms. The number of aromatic amines is 1. The van der Waals surface area contributed by atoms with Crippen LogP contribution >= 0.6 is 0 Å². The molecule has 2 saturated heterocycles. The number of nitrogens with zero attached hydrogens (tertiary/aromatic N) is 7. The van der Waals surface area contributed by atoms with Crippen molar-refractivity contribution in [3.05, 3.63) is 42.4 Å². The van der Waals surface area contributed by atoms with Crippen LogP contribution in [-0.2, 0) is 11.3 Å². The Bertz CT molecular complexity index is 1030. The minimum Gasteiger partial charge on any atom is -0.353 e. The maximum absolute atomic E-state index is 11.6. The SMILES string of the molecule is CC(=O)N1CCN(c2cc(-c3noc([C@@H]4CCCN4Cc4ncc[nH]4)n3)ccn2)CC1. The normalized spacial score (nSPS) is 19.8. The zero-order valence-electron chi connectivity index (χ0n) is 17.6. The molecule has 0 aromatic carbocycles. The molecule has 2 aliphatic heterocycles. The lowest BCUT2D eigenvalue weighted by Gasteiger charge is -2.34. The highest BCUT2D eigenvalue weighted by molar-refractivity contribution is 5.73. The molecule has 1 atom stereocenters. The number of piperazine rings is 1. The fourth-order valence-corrected chi connectivity index (χ4v) is 4.34. The van der Waals surface area contributed by atoms with Crippen LogP contribution in [0.3, 0.4) is 0 Å². The number of rotatable bonds is 5. The summed E-state index contributed by atoms with van der Waals surface area (Å²) in [5.41, 5.74) is 0.879. The van der Waals surface area contributed by atoms with E-state index < -0.39 is 0 Å². The Balaban J connectivity index is 1.30. The van der Waals surface area contributed by atoms with E-state index in [0.717, 1.165) is 56.2 Å². The number of amides is 1. The van der Waals surface area contributed by atoms with Crippen LogP contribution in [0, 0.1) is 0 Å². The van der Waals surface area contributed by atoms with Crippen molar-refractivity contribution in [3.8, 4) is 11.4 Å². The third kappa shape index (κ3) is 4.15. The van der Waals surface area contributed by atoms with Crippen molar-refractivity contribution in [3.63, 3.8) is 0 Å². The van der Waals surface area contributed by atoms with E-state index in [-0.39, 0.29) is 11.9 Å². The number of carbonyl (C=O) groups is 1. The Kier molecular flexibility index (Phi) is 5.37. The molecule has 1 N–H and O–H groups in total.